The number of aromatic nitrogens is 1. The molecule has 12 rings (SSSR count). The maximum Gasteiger partial charge on any atom is 0.143 e. The van der Waals surface area contributed by atoms with Crippen LogP contribution in [0.5, 0.6) is 0 Å². The molecule has 0 saturated heterocycles. The molecule has 0 unspecified atom stereocenters. The molecule has 0 N–H and O–H groups in total. The van der Waals surface area contributed by atoms with E-state index in [0.717, 1.165) is 55.8 Å². The molecule has 2 heterocycles. The highest BCUT2D eigenvalue weighted by Gasteiger charge is 2.21. The van der Waals surface area contributed by atoms with Crippen LogP contribution in [0.2, 0.25) is 0 Å². The molecule has 276 valence electrons. The van der Waals surface area contributed by atoms with Gasteiger partial charge in [0.1, 0.15) is 11.2 Å². The van der Waals surface area contributed by atoms with Crippen molar-refractivity contribution in [2.24, 2.45) is 0 Å². The molecule has 3 nitrogen and oxygen atoms in total. The molecule has 0 aliphatic rings. The Hall–Kier alpha value is -7.88. The van der Waals surface area contributed by atoms with Gasteiger partial charge in [0.2, 0.25) is 0 Å². The number of nitrogens with zero attached hydrogens (tertiary/aromatic N) is 2. The first-order chi connectivity index (χ1) is 29.2. The van der Waals surface area contributed by atoms with Crippen molar-refractivity contribution in [3.8, 4) is 27.9 Å². The monoisotopic (exact) mass is 752 g/mol. The third-order valence-electron chi connectivity index (χ3n) is 11.9. The molecule has 3 heteroatoms. The van der Waals surface area contributed by atoms with Crippen molar-refractivity contribution in [1.29, 1.82) is 0 Å². The third kappa shape index (κ3) is 5.44. The molecule has 0 fully saturated rings. The number of benzene rings is 10. The lowest BCUT2D eigenvalue weighted by atomic mass is 9.97. The fourth-order valence-electron chi connectivity index (χ4n) is 9.19. The van der Waals surface area contributed by atoms with Gasteiger partial charge >= 0.3 is 0 Å². The zero-order chi connectivity index (χ0) is 38.9. The standard InChI is InChI=1S/C56H36N2O/c1-2-15-42(16-3-1)57(43-30-27-37(28-31-43)39-29-32-47-41(33-39)26-25-38-13-4-5-18-46(38)47)45-35-51(56-52(36-45)50-21-8-11-24-55(50)59-56)40-14-12-17-44(34-40)58-53-22-9-6-19-48(53)49-20-7-10-23-54(49)58/h1-36H. The van der Waals surface area contributed by atoms with Gasteiger partial charge in [-0.2, -0.15) is 0 Å². The van der Waals surface area contributed by atoms with Gasteiger partial charge in [0, 0.05) is 49.9 Å². The average molecular weight is 753 g/mol. The molecule has 0 spiro atoms. The van der Waals surface area contributed by atoms with Crippen molar-refractivity contribution in [3.05, 3.63) is 218 Å². The van der Waals surface area contributed by atoms with E-state index in [9.17, 15) is 0 Å². The normalized spacial score (nSPS) is 11.7. The minimum Gasteiger partial charge on any atom is -0.455 e. The van der Waals surface area contributed by atoms with E-state index in [1.165, 1.54) is 54.5 Å². The second kappa shape index (κ2) is 13.4. The minimum absolute atomic E-state index is 0.874. The lowest BCUT2D eigenvalue weighted by Gasteiger charge is -2.26. The van der Waals surface area contributed by atoms with Gasteiger partial charge in [-0.15, -0.1) is 0 Å². The highest BCUT2D eigenvalue weighted by atomic mass is 16.3. The van der Waals surface area contributed by atoms with Gasteiger partial charge < -0.3 is 13.9 Å². The van der Waals surface area contributed by atoms with Crippen LogP contribution in [0.3, 0.4) is 0 Å². The maximum absolute atomic E-state index is 6.75. The molecule has 0 bridgehead atoms. The van der Waals surface area contributed by atoms with Crippen LogP contribution in [-0.2, 0) is 0 Å². The van der Waals surface area contributed by atoms with Gasteiger partial charge in [-0.05, 0) is 111 Å². The quantitative estimate of drug-likeness (QED) is 0.158. The van der Waals surface area contributed by atoms with Crippen LogP contribution < -0.4 is 4.90 Å². The van der Waals surface area contributed by atoms with E-state index in [0.29, 0.717) is 0 Å². The first-order valence-corrected chi connectivity index (χ1v) is 20.2. The molecule has 0 radical (unpaired) electrons. The van der Waals surface area contributed by atoms with Crippen molar-refractivity contribution >= 4 is 82.4 Å². The van der Waals surface area contributed by atoms with Gasteiger partial charge in [-0.3, -0.25) is 0 Å². The van der Waals surface area contributed by atoms with Crippen LogP contribution >= 0.6 is 0 Å². The Morgan fingerprint density at radius 2 is 0.966 bits per heavy atom. The van der Waals surface area contributed by atoms with Gasteiger partial charge in [0.15, 0.2) is 0 Å². The molecule has 0 atom stereocenters. The minimum atomic E-state index is 0.874. The Bertz CT molecular complexity index is 3500. The summed E-state index contributed by atoms with van der Waals surface area (Å²) in [5.41, 5.74) is 12.9. The van der Waals surface area contributed by atoms with Crippen molar-refractivity contribution in [2.75, 3.05) is 4.90 Å². The van der Waals surface area contributed by atoms with Crippen LogP contribution in [0.15, 0.2) is 223 Å². The fraction of sp³-hybridized carbons (Fsp3) is 0. The van der Waals surface area contributed by atoms with E-state index < -0.39 is 0 Å². The molecule has 0 amide bonds. The Morgan fingerprint density at radius 3 is 1.76 bits per heavy atom. The van der Waals surface area contributed by atoms with E-state index in [1.807, 2.05) is 6.07 Å². The van der Waals surface area contributed by atoms with Gasteiger partial charge in [0.05, 0.1) is 11.0 Å². The number of furan rings is 1. The zero-order valence-corrected chi connectivity index (χ0v) is 32.1. The number of hydrogen-bond acceptors (Lipinski definition) is 2. The zero-order valence-electron chi connectivity index (χ0n) is 32.1. The summed E-state index contributed by atoms with van der Waals surface area (Å²) in [7, 11) is 0. The number of hydrogen-bond donors (Lipinski definition) is 0. The average Bonchev–Trinajstić information content (AvgIpc) is 3.85. The third-order valence-corrected chi connectivity index (χ3v) is 11.9. The Balaban J connectivity index is 1.02. The van der Waals surface area contributed by atoms with Crippen LogP contribution in [0.1, 0.15) is 0 Å². The van der Waals surface area contributed by atoms with Crippen LogP contribution in [-0.4, -0.2) is 4.57 Å². The second-order valence-corrected chi connectivity index (χ2v) is 15.3. The first kappa shape index (κ1) is 33.3. The molecule has 59 heavy (non-hydrogen) atoms. The Kier molecular flexibility index (Phi) is 7.54. The van der Waals surface area contributed by atoms with Gasteiger partial charge in [-0.1, -0.05) is 146 Å². The first-order valence-electron chi connectivity index (χ1n) is 20.2. The van der Waals surface area contributed by atoms with E-state index in [1.54, 1.807) is 0 Å². The largest absolute Gasteiger partial charge is 0.455 e. The lowest BCUT2D eigenvalue weighted by Crippen LogP contribution is -2.10. The number of fused-ring (bicyclic) bond motifs is 9. The molecular weight excluding hydrogens is 717 g/mol. The summed E-state index contributed by atoms with van der Waals surface area (Å²) in [6.45, 7) is 0. The van der Waals surface area contributed by atoms with Crippen LogP contribution in [0.4, 0.5) is 17.1 Å². The van der Waals surface area contributed by atoms with E-state index in [4.69, 9.17) is 4.42 Å². The topological polar surface area (TPSA) is 21.3 Å². The summed E-state index contributed by atoms with van der Waals surface area (Å²) in [6, 6.07) is 78.7. The molecule has 0 aliphatic heterocycles. The number of rotatable bonds is 6. The van der Waals surface area contributed by atoms with Crippen molar-refractivity contribution in [3.63, 3.8) is 0 Å². The fourth-order valence-corrected chi connectivity index (χ4v) is 9.19. The van der Waals surface area contributed by atoms with Crippen molar-refractivity contribution in [1.82, 2.24) is 4.57 Å². The Morgan fingerprint density at radius 1 is 0.339 bits per heavy atom. The van der Waals surface area contributed by atoms with Crippen molar-refractivity contribution in [2.45, 2.75) is 0 Å². The summed E-state index contributed by atoms with van der Waals surface area (Å²) in [5.74, 6) is 0. The summed E-state index contributed by atoms with van der Waals surface area (Å²) < 4.78 is 9.13. The summed E-state index contributed by atoms with van der Waals surface area (Å²) in [4.78, 5) is 2.36. The molecular formula is C56H36N2O. The smallest absolute Gasteiger partial charge is 0.143 e. The predicted molar refractivity (Wildman–Crippen MR) is 249 cm³/mol. The SMILES string of the molecule is c1ccc(N(c2ccc(-c3ccc4c(ccc5ccccc54)c3)cc2)c2cc(-c3cccc(-n4c5ccccc5c5ccccc54)c3)c3oc4ccccc4c3c2)cc1. The number of anilines is 3. The Labute approximate surface area is 341 Å². The van der Waals surface area contributed by atoms with Gasteiger partial charge in [-0.25, -0.2) is 0 Å². The summed E-state index contributed by atoms with van der Waals surface area (Å²) in [5, 5.41) is 9.73. The highest BCUT2D eigenvalue weighted by Crippen LogP contribution is 2.44. The molecule has 2 aromatic heterocycles. The van der Waals surface area contributed by atoms with E-state index in [2.05, 4.69) is 222 Å². The number of para-hydroxylation sites is 4. The maximum atomic E-state index is 6.75. The summed E-state index contributed by atoms with van der Waals surface area (Å²) in [6.07, 6.45) is 0. The van der Waals surface area contributed by atoms with Crippen molar-refractivity contribution < 1.29 is 4.42 Å². The molecule has 10 aromatic carbocycles. The lowest BCUT2D eigenvalue weighted by molar-refractivity contribution is 0.670. The van der Waals surface area contributed by atoms with E-state index >= 15 is 0 Å². The van der Waals surface area contributed by atoms with E-state index in [-0.39, 0.29) is 0 Å². The van der Waals surface area contributed by atoms with Crippen LogP contribution in [0, 0.1) is 0 Å². The molecule has 0 aliphatic carbocycles. The predicted octanol–water partition coefficient (Wildman–Crippen LogP) is 15.8. The molecule has 12 aromatic rings. The van der Waals surface area contributed by atoms with Gasteiger partial charge in [0.25, 0.3) is 0 Å². The summed E-state index contributed by atoms with van der Waals surface area (Å²) >= 11 is 0. The van der Waals surface area contributed by atoms with Crippen LogP contribution in [0.25, 0.3) is 93.2 Å². The molecule has 0 saturated carbocycles. The second-order valence-electron chi connectivity index (χ2n) is 15.3. The highest BCUT2D eigenvalue weighted by molar-refractivity contribution is 6.13.